The van der Waals surface area contributed by atoms with Gasteiger partial charge in [0.15, 0.2) is 0 Å². The summed E-state index contributed by atoms with van der Waals surface area (Å²) in [6.07, 6.45) is 5.98. The van der Waals surface area contributed by atoms with Gasteiger partial charge in [0, 0.05) is 17.5 Å². The maximum absolute atomic E-state index is 12.2. The van der Waals surface area contributed by atoms with Crippen LogP contribution in [0.25, 0.3) is 21.5 Å². The van der Waals surface area contributed by atoms with E-state index in [2.05, 4.69) is 54.0 Å². The SMILES string of the molecule is CSCCCCCC(=O)Nc1cccc2c1ccc1ccccc12. The summed E-state index contributed by atoms with van der Waals surface area (Å²) < 4.78 is 0. The van der Waals surface area contributed by atoms with Crippen molar-refractivity contribution < 1.29 is 4.79 Å². The van der Waals surface area contributed by atoms with Crippen molar-refractivity contribution >= 4 is 44.9 Å². The minimum atomic E-state index is 0.111. The highest BCUT2D eigenvalue weighted by molar-refractivity contribution is 7.98. The topological polar surface area (TPSA) is 29.1 Å². The average Bonchev–Trinajstić information content (AvgIpc) is 2.61. The number of amides is 1. The molecule has 1 N–H and O–H groups in total. The van der Waals surface area contributed by atoms with Crippen molar-refractivity contribution in [2.75, 3.05) is 17.3 Å². The normalized spacial score (nSPS) is 11.0. The van der Waals surface area contributed by atoms with E-state index in [4.69, 9.17) is 0 Å². The quantitative estimate of drug-likeness (QED) is 0.432. The molecule has 0 fully saturated rings. The van der Waals surface area contributed by atoms with Gasteiger partial charge in [-0.25, -0.2) is 0 Å². The van der Waals surface area contributed by atoms with Crippen molar-refractivity contribution in [1.82, 2.24) is 0 Å². The highest BCUT2D eigenvalue weighted by Gasteiger charge is 2.07. The van der Waals surface area contributed by atoms with E-state index in [9.17, 15) is 4.79 Å². The highest BCUT2D eigenvalue weighted by Crippen LogP contribution is 2.30. The van der Waals surface area contributed by atoms with Crippen molar-refractivity contribution in [1.29, 1.82) is 0 Å². The van der Waals surface area contributed by atoms with Gasteiger partial charge in [-0.05, 0) is 47.1 Å². The summed E-state index contributed by atoms with van der Waals surface area (Å²) in [7, 11) is 0. The second kappa shape index (κ2) is 8.20. The third kappa shape index (κ3) is 3.90. The van der Waals surface area contributed by atoms with Crippen molar-refractivity contribution in [2.45, 2.75) is 25.7 Å². The first-order chi connectivity index (χ1) is 11.8. The van der Waals surface area contributed by atoms with Gasteiger partial charge < -0.3 is 5.32 Å². The zero-order valence-electron chi connectivity index (χ0n) is 14.0. The van der Waals surface area contributed by atoms with Gasteiger partial charge >= 0.3 is 0 Å². The number of nitrogens with one attached hydrogen (secondary N) is 1. The molecule has 0 aliphatic carbocycles. The molecule has 0 heterocycles. The standard InChI is InChI=1S/C21H23NOS/c1-24-15-6-2-3-12-21(23)22-20-11-7-10-18-17-9-5-4-8-16(17)13-14-19(18)20/h4-5,7-11,13-14H,2-3,6,12,15H2,1H3,(H,22,23). The Hall–Kier alpha value is -2.00. The fourth-order valence-corrected chi connectivity index (χ4v) is 3.56. The summed E-state index contributed by atoms with van der Waals surface area (Å²) in [5, 5.41) is 7.84. The smallest absolute Gasteiger partial charge is 0.224 e. The van der Waals surface area contributed by atoms with Crippen molar-refractivity contribution in [3.05, 3.63) is 54.6 Å². The molecule has 0 spiro atoms. The first kappa shape index (κ1) is 16.8. The van der Waals surface area contributed by atoms with Gasteiger partial charge in [-0.1, -0.05) is 55.0 Å². The molecule has 3 aromatic rings. The molecule has 3 rings (SSSR count). The molecular formula is C21H23NOS. The summed E-state index contributed by atoms with van der Waals surface area (Å²) >= 11 is 1.86. The predicted molar refractivity (Wildman–Crippen MR) is 107 cm³/mol. The number of rotatable bonds is 7. The number of hydrogen-bond acceptors (Lipinski definition) is 2. The van der Waals surface area contributed by atoms with E-state index >= 15 is 0 Å². The lowest BCUT2D eigenvalue weighted by Crippen LogP contribution is -2.11. The molecule has 1 amide bonds. The third-order valence-electron chi connectivity index (χ3n) is 4.31. The van der Waals surface area contributed by atoms with E-state index in [-0.39, 0.29) is 5.91 Å². The van der Waals surface area contributed by atoms with Crippen molar-refractivity contribution in [2.24, 2.45) is 0 Å². The van der Waals surface area contributed by atoms with Gasteiger partial charge in [0.2, 0.25) is 5.91 Å². The maximum Gasteiger partial charge on any atom is 0.224 e. The van der Waals surface area contributed by atoms with E-state index in [1.54, 1.807) is 0 Å². The summed E-state index contributed by atoms with van der Waals surface area (Å²) in [5.74, 6) is 1.29. The summed E-state index contributed by atoms with van der Waals surface area (Å²) in [4.78, 5) is 12.2. The van der Waals surface area contributed by atoms with Crippen LogP contribution < -0.4 is 5.32 Å². The molecule has 2 nitrogen and oxygen atoms in total. The number of carbonyl (C=O) groups excluding carboxylic acids is 1. The molecule has 0 bridgehead atoms. The average molecular weight is 337 g/mol. The molecule has 0 aliphatic rings. The summed E-state index contributed by atoms with van der Waals surface area (Å²) in [6.45, 7) is 0. The molecule has 0 atom stereocenters. The molecule has 3 aromatic carbocycles. The summed E-state index contributed by atoms with van der Waals surface area (Å²) in [6, 6.07) is 18.7. The monoisotopic (exact) mass is 337 g/mol. The first-order valence-electron chi connectivity index (χ1n) is 8.49. The van der Waals surface area contributed by atoms with Crippen LogP contribution in [0.2, 0.25) is 0 Å². The molecule has 124 valence electrons. The third-order valence-corrected chi connectivity index (χ3v) is 5.01. The van der Waals surface area contributed by atoms with Crippen LogP contribution in [-0.4, -0.2) is 17.9 Å². The lowest BCUT2D eigenvalue weighted by molar-refractivity contribution is -0.116. The Morgan fingerprint density at radius 3 is 2.58 bits per heavy atom. The van der Waals surface area contributed by atoms with E-state index < -0.39 is 0 Å². The Balaban J connectivity index is 1.75. The largest absolute Gasteiger partial charge is 0.326 e. The van der Waals surface area contributed by atoms with Gasteiger partial charge in [0.1, 0.15) is 0 Å². The fraction of sp³-hybridized carbons (Fsp3) is 0.286. The second-order valence-electron chi connectivity index (χ2n) is 6.04. The van der Waals surface area contributed by atoms with Crippen molar-refractivity contribution in [3.8, 4) is 0 Å². The van der Waals surface area contributed by atoms with E-state index in [0.717, 1.165) is 23.9 Å². The number of carbonyl (C=O) groups is 1. The Morgan fingerprint density at radius 1 is 0.875 bits per heavy atom. The highest BCUT2D eigenvalue weighted by atomic mass is 32.2. The fourth-order valence-electron chi connectivity index (χ4n) is 3.07. The lowest BCUT2D eigenvalue weighted by atomic mass is 10.0. The van der Waals surface area contributed by atoms with Gasteiger partial charge in [-0.15, -0.1) is 0 Å². The predicted octanol–water partition coefficient (Wildman–Crippen LogP) is 5.85. The first-order valence-corrected chi connectivity index (χ1v) is 9.88. The second-order valence-corrected chi connectivity index (χ2v) is 7.02. The number of hydrogen-bond donors (Lipinski definition) is 1. The zero-order valence-corrected chi connectivity index (χ0v) is 14.9. The van der Waals surface area contributed by atoms with Crippen LogP contribution >= 0.6 is 11.8 Å². The van der Waals surface area contributed by atoms with E-state index in [0.29, 0.717) is 6.42 Å². The number of anilines is 1. The molecule has 0 saturated carbocycles. The van der Waals surface area contributed by atoms with Gasteiger partial charge in [-0.2, -0.15) is 11.8 Å². The lowest BCUT2D eigenvalue weighted by Gasteiger charge is -2.11. The molecular weight excluding hydrogens is 314 g/mol. The Labute approximate surface area is 147 Å². The van der Waals surface area contributed by atoms with Gasteiger partial charge in [0.25, 0.3) is 0 Å². The van der Waals surface area contributed by atoms with Crippen molar-refractivity contribution in [3.63, 3.8) is 0 Å². The van der Waals surface area contributed by atoms with Crippen LogP contribution in [-0.2, 0) is 4.79 Å². The van der Waals surface area contributed by atoms with Gasteiger partial charge in [0.05, 0.1) is 0 Å². The van der Waals surface area contributed by atoms with Crippen LogP contribution in [0, 0.1) is 0 Å². The molecule has 0 radical (unpaired) electrons. The number of benzene rings is 3. The Morgan fingerprint density at radius 2 is 1.71 bits per heavy atom. The van der Waals surface area contributed by atoms with Crippen LogP contribution in [0.4, 0.5) is 5.69 Å². The molecule has 0 aliphatic heterocycles. The Bertz CT molecular complexity index is 843. The van der Waals surface area contributed by atoms with E-state index in [1.807, 2.05) is 23.9 Å². The molecule has 0 saturated heterocycles. The molecule has 0 unspecified atom stereocenters. The minimum Gasteiger partial charge on any atom is -0.326 e. The van der Waals surface area contributed by atoms with Crippen LogP contribution in [0.5, 0.6) is 0 Å². The number of fused-ring (bicyclic) bond motifs is 3. The van der Waals surface area contributed by atoms with Gasteiger partial charge in [-0.3, -0.25) is 4.79 Å². The number of unbranched alkanes of at least 4 members (excludes halogenated alkanes) is 2. The van der Waals surface area contributed by atoms with E-state index in [1.165, 1.54) is 28.3 Å². The summed E-state index contributed by atoms with van der Waals surface area (Å²) in [5.41, 5.74) is 0.910. The maximum atomic E-state index is 12.2. The molecule has 24 heavy (non-hydrogen) atoms. The van der Waals surface area contributed by atoms with Crippen LogP contribution in [0.3, 0.4) is 0 Å². The molecule has 3 heteroatoms. The Kier molecular flexibility index (Phi) is 5.76. The molecule has 0 aromatic heterocycles. The minimum absolute atomic E-state index is 0.111. The number of thioether (sulfide) groups is 1. The zero-order chi connectivity index (χ0) is 16.8. The van der Waals surface area contributed by atoms with Crippen LogP contribution in [0.1, 0.15) is 25.7 Å². The van der Waals surface area contributed by atoms with Crippen LogP contribution in [0.15, 0.2) is 54.6 Å².